The second kappa shape index (κ2) is 7.62. The van der Waals surface area contributed by atoms with Gasteiger partial charge in [0.25, 0.3) is 0 Å². The van der Waals surface area contributed by atoms with E-state index in [4.69, 9.17) is 14.6 Å². The van der Waals surface area contributed by atoms with Gasteiger partial charge in [0.2, 0.25) is 0 Å². The van der Waals surface area contributed by atoms with Gasteiger partial charge < -0.3 is 24.8 Å². The van der Waals surface area contributed by atoms with Gasteiger partial charge in [0.1, 0.15) is 29.8 Å². The number of aliphatic hydroxyl groups excluding tert-OH is 2. The van der Waals surface area contributed by atoms with E-state index in [1.54, 1.807) is 36.4 Å². The van der Waals surface area contributed by atoms with Gasteiger partial charge in [-0.1, -0.05) is 30.3 Å². The molecule has 1 unspecified atom stereocenters. The molecule has 0 heterocycles. The Hall–Kier alpha value is -2.57. The minimum atomic E-state index is -1.14. The Balaban J connectivity index is 2.54. The van der Waals surface area contributed by atoms with Gasteiger partial charge in [-0.25, -0.2) is 4.79 Å². The fraction of sp³-hybridized carbons (Fsp3) is 0.235. The third kappa shape index (κ3) is 3.80. The highest BCUT2D eigenvalue weighted by Crippen LogP contribution is 2.38. The summed E-state index contributed by atoms with van der Waals surface area (Å²) in [5.74, 6) is -0.449. The molecule has 0 amide bonds. The minimum absolute atomic E-state index is 0.0291. The maximum Gasteiger partial charge on any atom is 0.339 e. The van der Waals surface area contributed by atoms with Gasteiger partial charge >= 0.3 is 5.97 Å². The van der Waals surface area contributed by atoms with E-state index in [0.717, 1.165) is 0 Å². The van der Waals surface area contributed by atoms with E-state index in [1.165, 1.54) is 13.2 Å². The van der Waals surface area contributed by atoms with Crippen molar-refractivity contribution in [2.75, 3.05) is 20.3 Å². The SMILES string of the molecule is COc1ccccc1-c1cccc(C(=O)O)c1OCC(O)CO. The quantitative estimate of drug-likeness (QED) is 0.720. The molecule has 0 spiro atoms. The summed E-state index contributed by atoms with van der Waals surface area (Å²) in [4.78, 5) is 11.5. The predicted molar refractivity (Wildman–Crippen MR) is 84.0 cm³/mol. The molecule has 0 aliphatic carbocycles. The molecule has 0 aliphatic heterocycles. The van der Waals surface area contributed by atoms with Gasteiger partial charge in [-0.15, -0.1) is 0 Å². The van der Waals surface area contributed by atoms with Crippen molar-refractivity contribution in [3.05, 3.63) is 48.0 Å². The van der Waals surface area contributed by atoms with Crippen molar-refractivity contribution in [2.45, 2.75) is 6.10 Å². The van der Waals surface area contributed by atoms with Crippen molar-refractivity contribution in [1.82, 2.24) is 0 Å². The molecule has 0 saturated carbocycles. The second-order valence-electron chi connectivity index (χ2n) is 4.84. The molecule has 122 valence electrons. The Kier molecular flexibility index (Phi) is 5.56. The van der Waals surface area contributed by atoms with Gasteiger partial charge in [-0.05, 0) is 12.1 Å². The van der Waals surface area contributed by atoms with Crippen molar-refractivity contribution in [2.24, 2.45) is 0 Å². The predicted octanol–water partition coefficient (Wildman–Crippen LogP) is 1.79. The maximum absolute atomic E-state index is 11.5. The first-order valence-corrected chi connectivity index (χ1v) is 7.00. The molecule has 2 aromatic carbocycles. The van der Waals surface area contributed by atoms with E-state index in [0.29, 0.717) is 16.9 Å². The van der Waals surface area contributed by atoms with Crippen LogP contribution < -0.4 is 9.47 Å². The zero-order valence-electron chi connectivity index (χ0n) is 12.6. The molecular weight excluding hydrogens is 300 g/mol. The number of aromatic carboxylic acids is 1. The summed E-state index contributed by atoms with van der Waals surface area (Å²) < 4.78 is 10.8. The third-order valence-electron chi connectivity index (χ3n) is 3.27. The summed E-state index contributed by atoms with van der Waals surface area (Å²) in [6, 6.07) is 11.9. The van der Waals surface area contributed by atoms with Crippen LogP contribution in [0.5, 0.6) is 11.5 Å². The number of ether oxygens (including phenoxy) is 2. The zero-order valence-corrected chi connectivity index (χ0v) is 12.6. The third-order valence-corrected chi connectivity index (χ3v) is 3.27. The zero-order chi connectivity index (χ0) is 16.8. The van der Waals surface area contributed by atoms with Crippen LogP contribution in [0.15, 0.2) is 42.5 Å². The van der Waals surface area contributed by atoms with Gasteiger partial charge in [0.05, 0.1) is 13.7 Å². The Bertz CT molecular complexity index is 683. The summed E-state index contributed by atoms with van der Waals surface area (Å²) >= 11 is 0. The number of para-hydroxylation sites is 2. The molecule has 0 saturated heterocycles. The number of aliphatic hydroxyl groups is 2. The smallest absolute Gasteiger partial charge is 0.339 e. The van der Waals surface area contributed by atoms with Crippen LogP contribution in [0.2, 0.25) is 0 Å². The molecule has 6 nitrogen and oxygen atoms in total. The highest BCUT2D eigenvalue weighted by atomic mass is 16.5. The number of hydrogen-bond donors (Lipinski definition) is 3. The van der Waals surface area contributed by atoms with Crippen molar-refractivity contribution >= 4 is 5.97 Å². The minimum Gasteiger partial charge on any atom is -0.496 e. The van der Waals surface area contributed by atoms with E-state index in [9.17, 15) is 15.0 Å². The lowest BCUT2D eigenvalue weighted by Gasteiger charge is -2.17. The number of hydrogen-bond acceptors (Lipinski definition) is 5. The Morgan fingerprint density at radius 3 is 2.48 bits per heavy atom. The lowest BCUT2D eigenvalue weighted by Crippen LogP contribution is -2.22. The Morgan fingerprint density at radius 1 is 1.13 bits per heavy atom. The highest BCUT2D eigenvalue weighted by Gasteiger charge is 2.19. The molecule has 0 fully saturated rings. The summed E-state index contributed by atoms with van der Waals surface area (Å²) in [5.41, 5.74) is 1.18. The molecule has 0 radical (unpaired) electrons. The average Bonchev–Trinajstić information content (AvgIpc) is 2.59. The molecule has 3 N–H and O–H groups in total. The lowest BCUT2D eigenvalue weighted by molar-refractivity contribution is 0.0521. The molecule has 0 aliphatic rings. The lowest BCUT2D eigenvalue weighted by atomic mass is 10.0. The monoisotopic (exact) mass is 318 g/mol. The average molecular weight is 318 g/mol. The molecule has 0 bridgehead atoms. The first-order valence-electron chi connectivity index (χ1n) is 7.00. The van der Waals surface area contributed by atoms with E-state index in [1.807, 2.05) is 0 Å². The molecule has 23 heavy (non-hydrogen) atoms. The summed E-state index contributed by atoms with van der Waals surface area (Å²) in [6.07, 6.45) is -1.10. The summed E-state index contributed by atoms with van der Waals surface area (Å²) in [7, 11) is 1.52. The van der Waals surface area contributed by atoms with Crippen LogP contribution in [0.4, 0.5) is 0 Å². The molecule has 0 aromatic heterocycles. The van der Waals surface area contributed by atoms with Crippen LogP contribution >= 0.6 is 0 Å². The molecule has 2 rings (SSSR count). The van der Waals surface area contributed by atoms with Crippen molar-refractivity contribution < 1.29 is 29.6 Å². The van der Waals surface area contributed by atoms with Crippen LogP contribution in [0.3, 0.4) is 0 Å². The van der Waals surface area contributed by atoms with Crippen LogP contribution in [-0.4, -0.2) is 47.7 Å². The van der Waals surface area contributed by atoms with Gasteiger partial charge in [0.15, 0.2) is 0 Å². The number of rotatable bonds is 7. The van der Waals surface area contributed by atoms with Crippen molar-refractivity contribution in [3.8, 4) is 22.6 Å². The normalized spacial score (nSPS) is 11.8. The molecule has 6 heteroatoms. The van der Waals surface area contributed by atoms with Gasteiger partial charge in [-0.2, -0.15) is 0 Å². The molecular formula is C17H18O6. The first-order chi connectivity index (χ1) is 11.1. The van der Waals surface area contributed by atoms with Crippen LogP contribution in [0.25, 0.3) is 11.1 Å². The number of benzene rings is 2. The molecule has 2 aromatic rings. The Labute approximate surface area is 133 Å². The fourth-order valence-corrected chi connectivity index (χ4v) is 2.17. The Morgan fingerprint density at radius 2 is 1.83 bits per heavy atom. The number of carboxylic acid groups (broad SMARTS) is 1. The van der Waals surface area contributed by atoms with E-state index < -0.39 is 18.7 Å². The van der Waals surface area contributed by atoms with E-state index in [2.05, 4.69) is 0 Å². The summed E-state index contributed by atoms with van der Waals surface area (Å²) in [5, 5.41) is 27.7. The standard InChI is InChI=1S/C17H18O6/c1-22-15-8-3-2-5-12(15)13-6-4-7-14(17(20)21)16(13)23-10-11(19)9-18/h2-8,11,18-19H,9-10H2,1H3,(H,20,21). The van der Waals surface area contributed by atoms with Crippen molar-refractivity contribution in [3.63, 3.8) is 0 Å². The van der Waals surface area contributed by atoms with E-state index >= 15 is 0 Å². The van der Waals surface area contributed by atoms with Crippen molar-refractivity contribution in [1.29, 1.82) is 0 Å². The highest BCUT2D eigenvalue weighted by molar-refractivity contribution is 5.95. The van der Waals surface area contributed by atoms with Crippen LogP contribution in [-0.2, 0) is 0 Å². The molecule has 1 atom stereocenters. The van der Waals surface area contributed by atoms with Gasteiger partial charge in [0, 0.05) is 11.1 Å². The maximum atomic E-state index is 11.5. The number of carbonyl (C=O) groups is 1. The largest absolute Gasteiger partial charge is 0.496 e. The van der Waals surface area contributed by atoms with Gasteiger partial charge in [-0.3, -0.25) is 0 Å². The van der Waals surface area contributed by atoms with Crippen LogP contribution in [0.1, 0.15) is 10.4 Å². The summed E-state index contributed by atoms with van der Waals surface area (Å²) in [6.45, 7) is -0.692. The van der Waals surface area contributed by atoms with E-state index in [-0.39, 0.29) is 17.9 Å². The fourth-order valence-electron chi connectivity index (χ4n) is 2.17. The first kappa shape index (κ1) is 16.8. The van der Waals surface area contributed by atoms with Crippen LogP contribution in [0, 0.1) is 0 Å². The number of carboxylic acids is 1. The second-order valence-corrected chi connectivity index (χ2v) is 4.84. The topological polar surface area (TPSA) is 96.2 Å². The number of methoxy groups -OCH3 is 1.